The van der Waals surface area contributed by atoms with E-state index in [2.05, 4.69) is 13.8 Å². The quantitative estimate of drug-likeness (QED) is 0.682. The van der Waals surface area contributed by atoms with Crippen LogP contribution in [-0.4, -0.2) is 5.54 Å². The second kappa shape index (κ2) is 3.84. The summed E-state index contributed by atoms with van der Waals surface area (Å²) in [5, 5.41) is 0. The highest BCUT2D eigenvalue weighted by molar-refractivity contribution is 4.97. The minimum atomic E-state index is 0.225. The number of hydrogen-bond donors (Lipinski definition) is 1. The summed E-state index contributed by atoms with van der Waals surface area (Å²) in [6, 6.07) is 0. The summed E-state index contributed by atoms with van der Waals surface area (Å²) in [6.07, 6.45) is 9.52. The highest BCUT2D eigenvalue weighted by Gasteiger charge is 2.40. The van der Waals surface area contributed by atoms with Gasteiger partial charge in [0.15, 0.2) is 0 Å². The predicted molar refractivity (Wildman–Crippen MR) is 61.1 cm³/mol. The molecule has 14 heavy (non-hydrogen) atoms. The Morgan fingerprint density at radius 2 is 1.43 bits per heavy atom. The lowest BCUT2D eigenvalue weighted by Gasteiger charge is -2.41. The van der Waals surface area contributed by atoms with Crippen molar-refractivity contribution in [1.82, 2.24) is 0 Å². The first kappa shape index (κ1) is 10.5. The van der Waals surface area contributed by atoms with Gasteiger partial charge in [0.05, 0.1) is 0 Å². The fourth-order valence-electron chi connectivity index (χ4n) is 3.86. The van der Waals surface area contributed by atoms with Crippen LogP contribution >= 0.6 is 0 Å². The van der Waals surface area contributed by atoms with Gasteiger partial charge in [0.1, 0.15) is 0 Å². The molecule has 2 aliphatic carbocycles. The zero-order valence-electron chi connectivity index (χ0n) is 9.76. The van der Waals surface area contributed by atoms with Gasteiger partial charge in [-0.1, -0.05) is 26.7 Å². The summed E-state index contributed by atoms with van der Waals surface area (Å²) in [5.74, 6) is 2.64. The van der Waals surface area contributed by atoms with Crippen LogP contribution in [0.5, 0.6) is 0 Å². The molecule has 1 heteroatoms. The molecule has 0 saturated heterocycles. The molecule has 0 aromatic carbocycles. The Bertz CT molecular complexity index is 183. The topological polar surface area (TPSA) is 26.0 Å². The smallest absolute Gasteiger partial charge is 0.0183 e. The van der Waals surface area contributed by atoms with E-state index in [4.69, 9.17) is 5.73 Å². The van der Waals surface area contributed by atoms with Gasteiger partial charge in [-0.15, -0.1) is 0 Å². The van der Waals surface area contributed by atoms with E-state index in [9.17, 15) is 0 Å². The van der Waals surface area contributed by atoms with Gasteiger partial charge in [-0.25, -0.2) is 0 Å². The van der Waals surface area contributed by atoms with Crippen LogP contribution in [0.4, 0.5) is 0 Å². The average Bonchev–Trinajstić information content (AvgIpc) is 2.52. The third kappa shape index (κ3) is 1.98. The Kier molecular flexibility index (Phi) is 2.88. The minimum Gasteiger partial charge on any atom is -0.325 e. The molecule has 2 rings (SSSR count). The summed E-state index contributed by atoms with van der Waals surface area (Å²) in [5.41, 5.74) is 6.78. The van der Waals surface area contributed by atoms with Gasteiger partial charge in [0.2, 0.25) is 0 Å². The molecule has 2 saturated carbocycles. The first-order valence-corrected chi connectivity index (χ1v) is 6.39. The predicted octanol–water partition coefficient (Wildman–Crippen LogP) is 3.33. The molecule has 0 bridgehead atoms. The van der Waals surface area contributed by atoms with Crippen LogP contribution in [0.1, 0.15) is 58.8 Å². The Labute approximate surface area is 88.4 Å². The number of nitrogens with two attached hydrogens (primary N) is 1. The Morgan fingerprint density at radius 3 is 1.93 bits per heavy atom. The van der Waals surface area contributed by atoms with Crippen LogP contribution in [0.15, 0.2) is 0 Å². The monoisotopic (exact) mass is 195 g/mol. The zero-order valence-corrected chi connectivity index (χ0v) is 9.76. The van der Waals surface area contributed by atoms with Crippen molar-refractivity contribution in [2.45, 2.75) is 64.3 Å². The van der Waals surface area contributed by atoms with Crippen LogP contribution < -0.4 is 5.73 Å². The number of rotatable bonds is 1. The summed E-state index contributed by atoms with van der Waals surface area (Å²) in [6.45, 7) is 4.81. The second-order valence-electron chi connectivity index (χ2n) is 6.05. The minimum absolute atomic E-state index is 0.225. The first-order chi connectivity index (χ1) is 6.60. The highest BCUT2D eigenvalue weighted by atomic mass is 14.8. The number of hydrogen-bond acceptors (Lipinski definition) is 1. The molecule has 2 aliphatic rings. The van der Waals surface area contributed by atoms with E-state index in [1.807, 2.05) is 0 Å². The first-order valence-electron chi connectivity index (χ1n) is 6.39. The van der Waals surface area contributed by atoms with Gasteiger partial charge in [-0.3, -0.25) is 0 Å². The summed E-state index contributed by atoms with van der Waals surface area (Å²) in [4.78, 5) is 0. The zero-order chi connectivity index (χ0) is 10.2. The third-order valence-corrected chi connectivity index (χ3v) is 4.53. The average molecular weight is 195 g/mol. The maximum atomic E-state index is 6.56. The fourth-order valence-corrected chi connectivity index (χ4v) is 3.86. The molecule has 2 N–H and O–H groups in total. The largest absolute Gasteiger partial charge is 0.325 e. The summed E-state index contributed by atoms with van der Waals surface area (Å²) in [7, 11) is 0. The lowest BCUT2D eigenvalue weighted by Crippen LogP contribution is -2.47. The summed E-state index contributed by atoms with van der Waals surface area (Å²) >= 11 is 0. The highest BCUT2D eigenvalue weighted by Crippen LogP contribution is 2.44. The van der Waals surface area contributed by atoms with Crippen molar-refractivity contribution in [3.63, 3.8) is 0 Å². The molecule has 0 spiro atoms. The molecule has 0 aromatic rings. The third-order valence-electron chi connectivity index (χ3n) is 4.53. The van der Waals surface area contributed by atoms with E-state index in [1.54, 1.807) is 0 Å². The van der Waals surface area contributed by atoms with Crippen LogP contribution in [0.2, 0.25) is 0 Å². The standard InChI is InChI=1S/C13H25N/c1-10-7-11(2)9-12(8-10)13(14)5-3-4-6-13/h10-12H,3-9,14H2,1-2H3. The van der Waals surface area contributed by atoms with Crippen molar-refractivity contribution >= 4 is 0 Å². The molecule has 2 fully saturated rings. The van der Waals surface area contributed by atoms with E-state index >= 15 is 0 Å². The molecular formula is C13H25N. The maximum absolute atomic E-state index is 6.56. The van der Waals surface area contributed by atoms with Gasteiger partial charge in [-0.2, -0.15) is 0 Å². The molecule has 2 unspecified atom stereocenters. The van der Waals surface area contributed by atoms with E-state index in [0.29, 0.717) is 0 Å². The van der Waals surface area contributed by atoms with E-state index in [0.717, 1.165) is 17.8 Å². The fraction of sp³-hybridized carbons (Fsp3) is 1.00. The van der Waals surface area contributed by atoms with Crippen molar-refractivity contribution in [3.05, 3.63) is 0 Å². The molecule has 0 radical (unpaired) electrons. The van der Waals surface area contributed by atoms with E-state index < -0.39 is 0 Å². The van der Waals surface area contributed by atoms with Crippen molar-refractivity contribution in [3.8, 4) is 0 Å². The molecule has 1 nitrogen and oxygen atoms in total. The van der Waals surface area contributed by atoms with Gasteiger partial charge < -0.3 is 5.73 Å². The van der Waals surface area contributed by atoms with E-state index in [-0.39, 0.29) is 5.54 Å². The molecule has 0 heterocycles. The lowest BCUT2D eigenvalue weighted by molar-refractivity contribution is 0.138. The Balaban J connectivity index is 2.02. The van der Waals surface area contributed by atoms with Crippen molar-refractivity contribution in [2.75, 3.05) is 0 Å². The summed E-state index contributed by atoms with van der Waals surface area (Å²) < 4.78 is 0. The van der Waals surface area contributed by atoms with Crippen molar-refractivity contribution < 1.29 is 0 Å². The molecule has 0 amide bonds. The van der Waals surface area contributed by atoms with Crippen molar-refractivity contribution in [2.24, 2.45) is 23.5 Å². The van der Waals surface area contributed by atoms with Gasteiger partial charge in [0.25, 0.3) is 0 Å². The normalized spacial score (nSPS) is 42.6. The van der Waals surface area contributed by atoms with Crippen molar-refractivity contribution in [1.29, 1.82) is 0 Å². The molecule has 0 aromatic heterocycles. The van der Waals surface area contributed by atoms with Gasteiger partial charge in [0, 0.05) is 5.54 Å². The lowest BCUT2D eigenvalue weighted by atomic mass is 9.68. The second-order valence-corrected chi connectivity index (χ2v) is 6.05. The van der Waals surface area contributed by atoms with Crippen LogP contribution in [0.25, 0.3) is 0 Å². The molecular weight excluding hydrogens is 170 g/mol. The van der Waals surface area contributed by atoms with Crippen LogP contribution in [-0.2, 0) is 0 Å². The van der Waals surface area contributed by atoms with E-state index in [1.165, 1.54) is 44.9 Å². The Morgan fingerprint density at radius 1 is 0.929 bits per heavy atom. The molecule has 0 aliphatic heterocycles. The van der Waals surface area contributed by atoms with Crippen LogP contribution in [0, 0.1) is 17.8 Å². The van der Waals surface area contributed by atoms with Gasteiger partial charge >= 0.3 is 0 Å². The maximum Gasteiger partial charge on any atom is 0.0183 e. The van der Waals surface area contributed by atoms with Gasteiger partial charge in [-0.05, 0) is 49.9 Å². The van der Waals surface area contributed by atoms with Crippen LogP contribution in [0.3, 0.4) is 0 Å². The SMILES string of the molecule is CC1CC(C)CC(C2(N)CCCC2)C1. The molecule has 2 atom stereocenters. The molecule has 82 valence electrons. The Hall–Kier alpha value is -0.0400.